The number of methoxy groups -OCH3 is 3. The van der Waals surface area contributed by atoms with E-state index in [1.165, 1.54) is 38.5 Å². The summed E-state index contributed by atoms with van der Waals surface area (Å²) in [7, 11) is -0.537. The minimum absolute atomic E-state index is 0.0127. The van der Waals surface area contributed by atoms with Crippen LogP contribution >= 0.6 is 0 Å². The van der Waals surface area contributed by atoms with Crippen LogP contribution in [0.25, 0.3) is 0 Å². The van der Waals surface area contributed by atoms with Crippen molar-refractivity contribution in [2.24, 2.45) is 0 Å². The van der Waals surface area contributed by atoms with Gasteiger partial charge in [-0.25, -0.2) is 8.42 Å². The third kappa shape index (κ3) is 4.31. The summed E-state index contributed by atoms with van der Waals surface area (Å²) in [5.41, 5.74) is -0.393. The van der Waals surface area contributed by atoms with E-state index in [0.29, 0.717) is 5.75 Å². The van der Waals surface area contributed by atoms with E-state index in [9.17, 15) is 23.3 Å². The monoisotopic (exact) mass is 410 g/mol. The van der Waals surface area contributed by atoms with Gasteiger partial charge in [0.15, 0.2) is 0 Å². The lowest BCUT2D eigenvalue weighted by molar-refractivity contribution is -0.385. The molecular weight excluding hydrogens is 392 g/mol. The molecule has 0 aliphatic heterocycles. The highest BCUT2D eigenvalue weighted by molar-refractivity contribution is 7.92. The Morgan fingerprint density at radius 2 is 1.82 bits per heavy atom. The Morgan fingerprint density at radius 3 is 2.39 bits per heavy atom. The van der Waals surface area contributed by atoms with Gasteiger partial charge in [0.05, 0.1) is 36.8 Å². The predicted molar refractivity (Wildman–Crippen MR) is 99.2 cm³/mol. The first kappa shape index (κ1) is 21.0. The molecule has 10 nitrogen and oxygen atoms in total. The highest BCUT2D eigenvalue weighted by atomic mass is 32.2. The van der Waals surface area contributed by atoms with Crippen molar-refractivity contribution in [1.82, 2.24) is 0 Å². The number of benzene rings is 2. The van der Waals surface area contributed by atoms with Crippen LogP contribution in [0.3, 0.4) is 0 Å². The Morgan fingerprint density at radius 1 is 1.11 bits per heavy atom. The molecule has 0 aromatic heterocycles. The van der Waals surface area contributed by atoms with Crippen LogP contribution in [-0.4, -0.2) is 47.2 Å². The molecule has 0 saturated carbocycles. The van der Waals surface area contributed by atoms with Crippen LogP contribution in [0.1, 0.15) is 0 Å². The molecule has 2 rings (SSSR count). The number of nitro benzene ring substituents is 1. The Kier molecular flexibility index (Phi) is 6.41. The molecule has 0 spiro atoms. The first-order valence-electron chi connectivity index (χ1n) is 7.80. The van der Waals surface area contributed by atoms with Crippen molar-refractivity contribution in [3.05, 3.63) is 52.6 Å². The molecule has 11 heteroatoms. The Hall–Kier alpha value is -3.34. The summed E-state index contributed by atoms with van der Waals surface area (Å²) in [6.07, 6.45) is 0. The average molecular weight is 410 g/mol. The predicted octanol–water partition coefficient (Wildman–Crippen LogP) is 1.98. The van der Waals surface area contributed by atoms with E-state index in [1.807, 2.05) is 0 Å². The Labute approximate surface area is 161 Å². The first-order valence-corrected chi connectivity index (χ1v) is 9.24. The summed E-state index contributed by atoms with van der Waals surface area (Å²) in [4.78, 5) is 21.8. The maximum Gasteiger partial charge on any atom is 0.326 e. The van der Waals surface area contributed by atoms with Gasteiger partial charge in [0, 0.05) is 18.2 Å². The molecule has 0 amide bonds. The fraction of sp³-hybridized carbons (Fsp3) is 0.235. The van der Waals surface area contributed by atoms with Crippen LogP contribution in [0, 0.1) is 10.1 Å². The van der Waals surface area contributed by atoms with Gasteiger partial charge in [0.1, 0.15) is 18.0 Å². The molecule has 0 aliphatic rings. The van der Waals surface area contributed by atoms with E-state index in [2.05, 4.69) is 4.74 Å². The zero-order valence-corrected chi connectivity index (χ0v) is 16.1. The van der Waals surface area contributed by atoms with Gasteiger partial charge >= 0.3 is 5.97 Å². The third-order valence-electron chi connectivity index (χ3n) is 3.77. The number of non-ortho nitro benzene ring substituents is 1. The molecule has 0 N–H and O–H groups in total. The van der Waals surface area contributed by atoms with Gasteiger partial charge in [-0.1, -0.05) is 6.07 Å². The van der Waals surface area contributed by atoms with Crippen LogP contribution in [0.4, 0.5) is 11.4 Å². The minimum atomic E-state index is -4.38. The van der Waals surface area contributed by atoms with E-state index >= 15 is 0 Å². The normalized spacial score (nSPS) is 10.8. The van der Waals surface area contributed by atoms with E-state index in [1.54, 1.807) is 6.07 Å². The molecule has 0 aliphatic carbocycles. The molecule has 150 valence electrons. The van der Waals surface area contributed by atoms with Crippen LogP contribution in [-0.2, 0) is 19.6 Å². The number of nitrogens with zero attached hydrogens (tertiary/aromatic N) is 2. The lowest BCUT2D eigenvalue weighted by Crippen LogP contribution is -2.36. The summed E-state index contributed by atoms with van der Waals surface area (Å²) in [6, 6.07) is 8.90. The smallest absolute Gasteiger partial charge is 0.326 e. The van der Waals surface area contributed by atoms with Crippen molar-refractivity contribution < 1.29 is 32.3 Å². The highest BCUT2D eigenvalue weighted by Crippen LogP contribution is 2.36. The van der Waals surface area contributed by atoms with Crippen LogP contribution < -0.4 is 13.8 Å². The van der Waals surface area contributed by atoms with Gasteiger partial charge in [-0.15, -0.1) is 0 Å². The maximum absolute atomic E-state index is 13.2. The number of hydrogen-bond acceptors (Lipinski definition) is 8. The first-order chi connectivity index (χ1) is 13.2. The third-order valence-corrected chi connectivity index (χ3v) is 5.53. The van der Waals surface area contributed by atoms with E-state index in [0.717, 1.165) is 23.5 Å². The fourth-order valence-electron chi connectivity index (χ4n) is 2.36. The van der Waals surface area contributed by atoms with Crippen molar-refractivity contribution in [1.29, 1.82) is 0 Å². The van der Waals surface area contributed by atoms with Gasteiger partial charge in [-0.3, -0.25) is 19.2 Å². The molecule has 0 atom stereocenters. The number of carbonyl (C=O) groups is 1. The minimum Gasteiger partial charge on any atom is -0.497 e. The van der Waals surface area contributed by atoms with Gasteiger partial charge in [0.2, 0.25) is 0 Å². The van der Waals surface area contributed by atoms with Crippen molar-refractivity contribution in [3.8, 4) is 11.5 Å². The highest BCUT2D eigenvalue weighted by Gasteiger charge is 2.31. The standard InChI is InChI=1S/C17H18N2O8S/c1-25-13-7-8-16(26-2)15(10-13)18(11-17(20)27-3)28(23,24)14-6-4-5-12(9-14)19(21)22/h4-10H,11H2,1-3H3. The van der Waals surface area contributed by atoms with Crippen LogP contribution in [0.5, 0.6) is 11.5 Å². The van der Waals surface area contributed by atoms with Crippen molar-refractivity contribution >= 4 is 27.4 Å². The van der Waals surface area contributed by atoms with E-state index in [4.69, 9.17) is 9.47 Å². The number of hydrogen-bond donors (Lipinski definition) is 0. The molecule has 2 aromatic rings. The maximum atomic E-state index is 13.2. The lowest BCUT2D eigenvalue weighted by Gasteiger charge is -2.25. The number of nitro groups is 1. The van der Waals surface area contributed by atoms with E-state index in [-0.39, 0.29) is 16.3 Å². The Balaban J connectivity index is 2.68. The number of esters is 1. The second-order valence-electron chi connectivity index (χ2n) is 5.38. The molecule has 28 heavy (non-hydrogen) atoms. The van der Waals surface area contributed by atoms with Gasteiger partial charge in [-0.05, 0) is 18.2 Å². The van der Waals surface area contributed by atoms with Crippen molar-refractivity contribution in [2.45, 2.75) is 4.90 Å². The fourth-order valence-corrected chi connectivity index (χ4v) is 3.81. The molecule has 0 bridgehead atoms. The topological polar surface area (TPSA) is 125 Å². The van der Waals surface area contributed by atoms with Crippen molar-refractivity contribution in [2.75, 3.05) is 32.2 Å². The number of carbonyl (C=O) groups excluding carboxylic acids is 1. The van der Waals surface area contributed by atoms with Crippen LogP contribution in [0.15, 0.2) is 47.4 Å². The van der Waals surface area contributed by atoms with Gasteiger partial charge in [-0.2, -0.15) is 0 Å². The van der Waals surface area contributed by atoms with Gasteiger partial charge < -0.3 is 14.2 Å². The number of rotatable bonds is 8. The number of sulfonamides is 1. The second-order valence-corrected chi connectivity index (χ2v) is 7.24. The lowest BCUT2D eigenvalue weighted by atomic mass is 10.2. The summed E-state index contributed by atoms with van der Waals surface area (Å²) in [6.45, 7) is -0.676. The Bertz CT molecular complexity index is 990. The molecule has 0 radical (unpaired) electrons. The summed E-state index contributed by atoms with van der Waals surface area (Å²) in [5, 5.41) is 11.0. The summed E-state index contributed by atoms with van der Waals surface area (Å²) >= 11 is 0. The average Bonchev–Trinajstić information content (AvgIpc) is 2.71. The number of anilines is 1. The quantitative estimate of drug-likeness (QED) is 0.367. The zero-order chi connectivity index (χ0) is 20.9. The summed E-state index contributed by atoms with van der Waals surface area (Å²) in [5.74, 6) is -0.363. The zero-order valence-electron chi connectivity index (χ0n) is 15.3. The largest absolute Gasteiger partial charge is 0.497 e. The molecule has 0 unspecified atom stereocenters. The number of ether oxygens (including phenoxy) is 3. The van der Waals surface area contributed by atoms with Crippen LogP contribution in [0.2, 0.25) is 0 Å². The van der Waals surface area contributed by atoms with Gasteiger partial charge in [0.25, 0.3) is 15.7 Å². The summed E-state index contributed by atoms with van der Waals surface area (Å²) < 4.78 is 42.1. The molecular formula is C17H18N2O8S. The second kappa shape index (κ2) is 8.57. The molecule has 0 heterocycles. The van der Waals surface area contributed by atoms with Crippen molar-refractivity contribution in [3.63, 3.8) is 0 Å². The SMILES string of the molecule is COC(=O)CN(c1cc(OC)ccc1OC)S(=O)(=O)c1cccc([N+](=O)[O-])c1. The van der Waals surface area contributed by atoms with E-state index < -0.39 is 33.1 Å². The molecule has 2 aromatic carbocycles. The molecule has 0 saturated heterocycles. The molecule has 0 fully saturated rings.